The van der Waals surface area contributed by atoms with Gasteiger partial charge >= 0.3 is 0 Å². The summed E-state index contributed by atoms with van der Waals surface area (Å²) in [6, 6.07) is 0.779. The quantitative estimate of drug-likeness (QED) is 0.929. The lowest BCUT2D eigenvalue weighted by Crippen LogP contribution is -2.40. The molecule has 1 aromatic heterocycles. The molecule has 3 heterocycles. The number of nitrogens with one attached hydrogen (secondary N) is 1. The molecule has 0 aliphatic carbocycles. The van der Waals surface area contributed by atoms with Gasteiger partial charge in [-0.2, -0.15) is 5.10 Å². The molecule has 2 aliphatic rings. The summed E-state index contributed by atoms with van der Waals surface area (Å²) in [5.74, 6) is 0.874. The standard InChI is InChI=1S/C15H25ClN4/c1-11-13(15(16)19(2)18-11)10-20-8-5-12(6-9-20)14-4-3-7-17-14/h12,14,17H,3-10H2,1-2H3. The van der Waals surface area contributed by atoms with Crippen molar-refractivity contribution in [3.05, 3.63) is 16.4 Å². The zero-order valence-electron chi connectivity index (χ0n) is 12.5. The maximum absolute atomic E-state index is 6.33. The molecular formula is C15H25ClN4. The normalized spacial score (nSPS) is 25.4. The van der Waals surface area contributed by atoms with Gasteiger partial charge in [-0.1, -0.05) is 11.6 Å². The smallest absolute Gasteiger partial charge is 0.131 e. The molecule has 0 bridgehead atoms. The monoisotopic (exact) mass is 296 g/mol. The number of piperidine rings is 1. The van der Waals surface area contributed by atoms with Crippen molar-refractivity contribution < 1.29 is 0 Å². The van der Waals surface area contributed by atoms with Crippen molar-refractivity contribution >= 4 is 11.6 Å². The zero-order valence-corrected chi connectivity index (χ0v) is 13.3. The number of aryl methyl sites for hydroxylation is 2. The highest BCUT2D eigenvalue weighted by Gasteiger charge is 2.28. The summed E-state index contributed by atoms with van der Waals surface area (Å²) in [6.07, 6.45) is 5.36. The Bertz CT molecular complexity index is 457. The SMILES string of the molecule is Cc1nn(C)c(Cl)c1CN1CCC(C2CCCN2)CC1. The molecule has 0 saturated carbocycles. The molecular weight excluding hydrogens is 272 g/mol. The molecule has 3 rings (SSSR count). The molecule has 112 valence electrons. The number of nitrogens with zero attached hydrogens (tertiary/aromatic N) is 3. The van der Waals surface area contributed by atoms with Gasteiger partial charge in [0.1, 0.15) is 5.15 Å². The van der Waals surface area contributed by atoms with Gasteiger partial charge in [0, 0.05) is 25.2 Å². The second kappa shape index (κ2) is 6.04. The first-order valence-corrected chi connectivity index (χ1v) is 8.16. The van der Waals surface area contributed by atoms with Crippen LogP contribution in [0, 0.1) is 12.8 Å². The number of likely N-dealkylation sites (tertiary alicyclic amines) is 1. The van der Waals surface area contributed by atoms with Crippen LogP contribution in [0.3, 0.4) is 0 Å². The van der Waals surface area contributed by atoms with E-state index in [4.69, 9.17) is 11.6 Å². The Labute approximate surface area is 126 Å². The summed E-state index contributed by atoms with van der Waals surface area (Å²) >= 11 is 6.33. The molecule has 1 atom stereocenters. The fraction of sp³-hybridized carbons (Fsp3) is 0.800. The highest BCUT2D eigenvalue weighted by molar-refractivity contribution is 6.30. The number of halogens is 1. The molecule has 2 aliphatic heterocycles. The summed E-state index contributed by atoms with van der Waals surface area (Å²) in [4.78, 5) is 2.53. The van der Waals surface area contributed by atoms with Gasteiger partial charge in [0.15, 0.2) is 0 Å². The van der Waals surface area contributed by atoms with Crippen LogP contribution in [0.15, 0.2) is 0 Å². The molecule has 4 nitrogen and oxygen atoms in total. The van der Waals surface area contributed by atoms with E-state index >= 15 is 0 Å². The van der Waals surface area contributed by atoms with Crippen LogP contribution in [-0.2, 0) is 13.6 Å². The Morgan fingerprint density at radius 1 is 1.30 bits per heavy atom. The number of aromatic nitrogens is 2. The fourth-order valence-corrected chi connectivity index (χ4v) is 3.94. The van der Waals surface area contributed by atoms with Crippen LogP contribution in [-0.4, -0.2) is 40.4 Å². The maximum Gasteiger partial charge on any atom is 0.131 e. The summed E-state index contributed by atoms with van der Waals surface area (Å²) in [7, 11) is 1.91. The lowest BCUT2D eigenvalue weighted by atomic mass is 9.88. The van der Waals surface area contributed by atoms with Gasteiger partial charge in [0.2, 0.25) is 0 Å². The van der Waals surface area contributed by atoms with Gasteiger partial charge in [0.25, 0.3) is 0 Å². The summed E-state index contributed by atoms with van der Waals surface area (Å²) in [6.45, 7) is 6.59. The average molecular weight is 297 g/mol. The van der Waals surface area contributed by atoms with E-state index in [0.29, 0.717) is 0 Å². The third-order valence-electron chi connectivity index (χ3n) is 4.95. The van der Waals surface area contributed by atoms with E-state index in [0.717, 1.165) is 29.4 Å². The number of hydrogen-bond donors (Lipinski definition) is 1. The van der Waals surface area contributed by atoms with Gasteiger partial charge in [-0.25, -0.2) is 0 Å². The van der Waals surface area contributed by atoms with E-state index < -0.39 is 0 Å². The molecule has 0 radical (unpaired) electrons. The predicted octanol–water partition coefficient (Wildman–Crippen LogP) is 2.35. The minimum Gasteiger partial charge on any atom is -0.314 e. The predicted molar refractivity (Wildman–Crippen MR) is 82.0 cm³/mol. The minimum atomic E-state index is 0.779. The highest BCUT2D eigenvalue weighted by atomic mass is 35.5. The van der Waals surface area contributed by atoms with Gasteiger partial charge in [-0.3, -0.25) is 9.58 Å². The van der Waals surface area contributed by atoms with E-state index in [9.17, 15) is 0 Å². The molecule has 1 unspecified atom stereocenters. The van der Waals surface area contributed by atoms with Gasteiger partial charge in [0.05, 0.1) is 5.69 Å². The van der Waals surface area contributed by atoms with Crippen molar-refractivity contribution in [2.45, 2.75) is 45.2 Å². The third kappa shape index (κ3) is 2.87. The molecule has 2 fully saturated rings. The van der Waals surface area contributed by atoms with E-state index in [1.165, 1.54) is 50.9 Å². The van der Waals surface area contributed by atoms with Crippen molar-refractivity contribution in [2.24, 2.45) is 13.0 Å². The van der Waals surface area contributed by atoms with Crippen molar-refractivity contribution in [2.75, 3.05) is 19.6 Å². The van der Waals surface area contributed by atoms with Crippen molar-refractivity contribution in [1.82, 2.24) is 20.0 Å². The van der Waals surface area contributed by atoms with Crippen LogP contribution >= 0.6 is 11.6 Å². The third-order valence-corrected chi connectivity index (χ3v) is 5.42. The Kier molecular flexibility index (Phi) is 4.34. The number of hydrogen-bond acceptors (Lipinski definition) is 3. The van der Waals surface area contributed by atoms with Crippen LogP contribution in [0.5, 0.6) is 0 Å². The Morgan fingerprint density at radius 3 is 2.60 bits per heavy atom. The molecule has 2 saturated heterocycles. The van der Waals surface area contributed by atoms with Gasteiger partial charge < -0.3 is 5.32 Å². The first-order valence-electron chi connectivity index (χ1n) is 7.79. The summed E-state index contributed by atoms with van der Waals surface area (Å²) < 4.78 is 1.78. The topological polar surface area (TPSA) is 33.1 Å². The Balaban J connectivity index is 1.55. The molecule has 0 aromatic carbocycles. The lowest BCUT2D eigenvalue weighted by Gasteiger charge is -2.34. The molecule has 0 amide bonds. The average Bonchev–Trinajstić information content (AvgIpc) is 3.05. The van der Waals surface area contributed by atoms with Gasteiger partial charge in [-0.15, -0.1) is 0 Å². The molecule has 0 spiro atoms. The molecule has 1 aromatic rings. The van der Waals surface area contributed by atoms with Crippen LogP contribution in [0.4, 0.5) is 0 Å². The van der Waals surface area contributed by atoms with E-state index in [2.05, 4.69) is 22.2 Å². The van der Waals surface area contributed by atoms with Crippen LogP contribution in [0.25, 0.3) is 0 Å². The fourth-order valence-electron chi connectivity index (χ4n) is 3.70. The van der Waals surface area contributed by atoms with Crippen molar-refractivity contribution in [1.29, 1.82) is 0 Å². The molecule has 5 heteroatoms. The van der Waals surface area contributed by atoms with Gasteiger partial charge in [-0.05, 0) is 58.2 Å². The lowest BCUT2D eigenvalue weighted by molar-refractivity contribution is 0.157. The maximum atomic E-state index is 6.33. The van der Waals surface area contributed by atoms with E-state index in [1.807, 2.05) is 7.05 Å². The second-order valence-electron chi connectivity index (χ2n) is 6.29. The van der Waals surface area contributed by atoms with Crippen molar-refractivity contribution in [3.63, 3.8) is 0 Å². The van der Waals surface area contributed by atoms with Crippen LogP contribution in [0.2, 0.25) is 5.15 Å². The Hall–Kier alpha value is -0.580. The number of rotatable bonds is 3. The summed E-state index contributed by atoms with van der Waals surface area (Å²) in [5, 5.41) is 8.86. The second-order valence-corrected chi connectivity index (χ2v) is 6.65. The molecule has 20 heavy (non-hydrogen) atoms. The highest BCUT2D eigenvalue weighted by Crippen LogP contribution is 2.28. The largest absolute Gasteiger partial charge is 0.314 e. The first-order chi connectivity index (χ1) is 9.65. The first kappa shape index (κ1) is 14.4. The zero-order chi connectivity index (χ0) is 14.1. The Morgan fingerprint density at radius 2 is 2.05 bits per heavy atom. The minimum absolute atomic E-state index is 0.779. The molecule has 1 N–H and O–H groups in total. The summed E-state index contributed by atoms with van der Waals surface area (Å²) in [5.41, 5.74) is 2.27. The van der Waals surface area contributed by atoms with Crippen LogP contribution < -0.4 is 5.32 Å². The van der Waals surface area contributed by atoms with E-state index in [1.54, 1.807) is 4.68 Å². The van der Waals surface area contributed by atoms with Crippen LogP contribution in [0.1, 0.15) is 36.9 Å². The van der Waals surface area contributed by atoms with Crippen molar-refractivity contribution in [3.8, 4) is 0 Å². The van der Waals surface area contributed by atoms with E-state index in [-0.39, 0.29) is 0 Å².